The Labute approximate surface area is 73.1 Å². The number of aromatic nitrogens is 2. The van der Waals surface area contributed by atoms with E-state index in [0.29, 0.717) is 0 Å². The van der Waals surface area contributed by atoms with E-state index in [1.54, 1.807) is 0 Å². The Balaban J connectivity index is 2.74. The number of nitrogens with two attached hydrogens (primary N) is 1. The molecule has 4 N–H and O–H groups in total. The maximum absolute atomic E-state index is 11.0. The molecule has 0 radical (unpaired) electrons. The van der Waals surface area contributed by atoms with Gasteiger partial charge in [0, 0.05) is 0 Å². The molecule has 0 aromatic carbocycles. The summed E-state index contributed by atoms with van der Waals surface area (Å²) in [7, 11) is -4.04. The molecule has 0 bridgehead atoms. The molecule has 1 heterocycles. The summed E-state index contributed by atoms with van der Waals surface area (Å²) in [6, 6.07) is 0.0564. The lowest BCUT2D eigenvalue weighted by atomic mass is 10.8. The van der Waals surface area contributed by atoms with Crippen LogP contribution >= 0.6 is 0 Å². The highest BCUT2D eigenvalue weighted by molar-refractivity contribution is 7.86. The third-order valence-corrected chi connectivity index (χ3v) is 2.07. The number of nitrogens with one attached hydrogen (secondary N) is 2. The van der Waals surface area contributed by atoms with E-state index in [0.717, 1.165) is 6.07 Å². The van der Waals surface area contributed by atoms with Crippen LogP contribution in [0.1, 0.15) is 0 Å². The van der Waals surface area contributed by atoms with E-state index >= 15 is 0 Å². The van der Waals surface area contributed by atoms with E-state index in [-0.39, 0.29) is 5.03 Å². The molecular weight excluding hydrogens is 200 g/mol. The van der Waals surface area contributed by atoms with Crippen molar-refractivity contribution in [3.05, 3.63) is 12.3 Å². The second-order valence-electron chi connectivity index (χ2n) is 1.92. The average Bonchev–Trinajstić information content (AvgIpc) is 2.53. The van der Waals surface area contributed by atoms with E-state index < -0.39 is 16.1 Å². The molecule has 0 saturated heterocycles. The van der Waals surface area contributed by atoms with Crippen molar-refractivity contribution in [3.63, 3.8) is 0 Å². The molecule has 8 nitrogen and oxygen atoms in total. The van der Waals surface area contributed by atoms with Crippen LogP contribution < -0.4 is 11.2 Å². The van der Waals surface area contributed by atoms with Gasteiger partial charge in [0.1, 0.15) is 0 Å². The van der Waals surface area contributed by atoms with Gasteiger partial charge >= 0.3 is 16.1 Å². The number of aromatic amines is 1. The minimum atomic E-state index is -4.04. The Kier molecular flexibility index (Phi) is 2.49. The number of hydrogen-bond acceptors (Lipinski definition) is 5. The maximum atomic E-state index is 11.0. The Morgan fingerprint density at radius 1 is 1.69 bits per heavy atom. The predicted octanol–water partition coefficient (Wildman–Crippen LogP) is -1.30. The van der Waals surface area contributed by atoms with Crippen LogP contribution in [0.4, 0.5) is 4.79 Å². The fraction of sp³-hybridized carbons (Fsp3) is 0. The zero-order valence-corrected chi connectivity index (χ0v) is 7.04. The van der Waals surface area contributed by atoms with Gasteiger partial charge in [0.25, 0.3) is 0 Å². The van der Waals surface area contributed by atoms with Gasteiger partial charge in [0.05, 0.1) is 6.20 Å². The second kappa shape index (κ2) is 3.41. The lowest BCUT2D eigenvalue weighted by molar-refractivity contribution is 0.189. The molecule has 0 spiro atoms. The van der Waals surface area contributed by atoms with Crippen LogP contribution in [-0.4, -0.2) is 24.6 Å². The van der Waals surface area contributed by atoms with Gasteiger partial charge in [-0.25, -0.2) is 4.79 Å². The smallest absolute Gasteiger partial charge is 0.337 e. The molecular formula is C4H6N4O4S. The molecule has 13 heavy (non-hydrogen) atoms. The van der Waals surface area contributed by atoms with Gasteiger partial charge in [-0.3, -0.25) is 5.10 Å². The third-order valence-electron chi connectivity index (χ3n) is 0.996. The molecule has 72 valence electrons. The first-order valence-corrected chi connectivity index (χ1v) is 4.41. The number of amides is 2. The molecule has 1 aromatic heterocycles. The normalized spacial score (nSPS) is 11.1. The molecule has 1 rings (SSSR count). The van der Waals surface area contributed by atoms with Crippen molar-refractivity contribution in [2.24, 2.45) is 5.73 Å². The van der Waals surface area contributed by atoms with E-state index in [2.05, 4.69) is 20.2 Å². The van der Waals surface area contributed by atoms with Crippen molar-refractivity contribution in [2.45, 2.75) is 5.03 Å². The summed E-state index contributed by atoms with van der Waals surface area (Å²) in [4.78, 5) is 10.1. The molecule has 2 amide bonds. The quantitative estimate of drug-likeness (QED) is 0.529. The molecule has 0 aliphatic carbocycles. The number of hydrogen-bond donors (Lipinski definition) is 3. The van der Waals surface area contributed by atoms with Crippen LogP contribution in [0, 0.1) is 0 Å². The molecule has 0 atom stereocenters. The number of primary amides is 1. The first kappa shape index (κ1) is 9.48. The van der Waals surface area contributed by atoms with Gasteiger partial charge < -0.3 is 5.73 Å². The molecule has 0 aliphatic rings. The van der Waals surface area contributed by atoms with Crippen LogP contribution in [0.25, 0.3) is 0 Å². The molecule has 0 fully saturated rings. The largest absolute Gasteiger partial charge is 0.350 e. The number of rotatable bonds is 3. The molecule has 0 unspecified atom stereocenters. The third kappa shape index (κ3) is 2.42. The number of H-pyrrole nitrogens is 1. The Bertz CT molecular complexity index is 382. The second-order valence-corrected chi connectivity index (χ2v) is 3.44. The summed E-state index contributed by atoms with van der Waals surface area (Å²) in [5.41, 5.74) is 6.06. The van der Waals surface area contributed by atoms with E-state index in [9.17, 15) is 13.2 Å². The monoisotopic (exact) mass is 206 g/mol. The van der Waals surface area contributed by atoms with Crippen LogP contribution in [0.2, 0.25) is 0 Å². The summed E-state index contributed by atoms with van der Waals surface area (Å²) in [5.74, 6) is 0. The average molecular weight is 206 g/mol. The summed E-state index contributed by atoms with van der Waals surface area (Å²) >= 11 is 0. The van der Waals surface area contributed by atoms with Gasteiger partial charge in [-0.15, -0.1) is 4.28 Å². The Morgan fingerprint density at radius 3 is 2.85 bits per heavy atom. The topological polar surface area (TPSA) is 127 Å². The Morgan fingerprint density at radius 2 is 2.38 bits per heavy atom. The van der Waals surface area contributed by atoms with Crippen LogP contribution in [0.3, 0.4) is 0 Å². The van der Waals surface area contributed by atoms with Gasteiger partial charge in [-0.05, 0) is 6.07 Å². The molecule has 1 aromatic rings. The van der Waals surface area contributed by atoms with Crippen molar-refractivity contribution in [1.82, 2.24) is 15.7 Å². The highest BCUT2D eigenvalue weighted by Crippen LogP contribution is 2.04. The number of carbonyl (C=O) groups excluding carboxylic acids is 1. The zero-order chi connectivity index (χ0) is 9.90. The van der Waals surface area contributed by atoms with Crippen LogP contribution in [0.5, 0.6) is 0 Å². The molecule has 9 heteroatoms. The number of hydroxylamine groups is 1. The van der Waals surface area contributed by atoms with Crippen molar-refractivity contribution in [2.75, 3.05) is 0 Å². The van der Waals surface area contributed by atoms with Gasteiger partial charge in [-0.2, -0.15) is 19.0 Å². The lowest BCUT2D eigenvalue weighted by Gasteiger charge is -2.00. The summed E-state index contributed by atoms with van der Waals surface area (Å²) in [5, 5.41) is 5.26. The SMILES string of the molecule is NC(=O)NOS(=O)(=O)c1ccn[nH]1. The minimum Gasteiger partial charge on any atom is -0.350 e. The first-order valence-electron chi connectivity index (χ1n) is 3.00. The summed E-state index contributed by atoms with van der Waals surface area (Å²) in [6.45, 7) is 0. The highest BCUT2D eigenvalue weighted by atomic mass is 32.2. The zero-order valence-electron chi connectivity index (χ0n) is 6.22. The minimum absolute atomic E-state index is 0.277. The van der Waals surface area contributed by atoms with Crippen molar-refractivity contribution in [3.8, 4) is 0 Å². The van der Waals surface area contributed by atoms with Crippen LogP contribution in [0.15, 0.2) is 17.3 Å². The molecule has 0 aliphatic heterocycles. The predicted molar refractivity (Wildman–Crippen MR) is 39.6 cm³/mol. The summed E-state index contributed by atoms with van der Waals surface area (Å²) < 4.78 is 26.1. The van der Waals surface area contributed by atoms with Crippen molar-refractivity contribution in [1.29, 1.82) is 0 Å². The fourth-order valence-corrected chi connectivity index (χ4v) is 1.20. The van der Waals surface area contributed by atoms with E-state index in [4.69, 9.17) is 0 Å². The molecule has 0 saturated carbocycles. The summed E-state index contributed by atoms with van der Waals surface area (Å²) in [6.07, 6.45) is 1.22. The highest BCUT2D eigenvalue weighted by Gasteiger charge is 2.17. The number of carbonyl (C=O) groups is 1. The van der Waals surface area contributed by atoms with Gasteiger partial charge in [0.15, 0.2) is 5.03 Å². The lowest BCUT2D eigenvalue weighted by Crippen LogP contribution is -2.31. The standard InChI is InChI=1S/C4H6N4O4S/c5-4(9)8-12-13(10,11)3-1-2-6-7-3/h1-2H,(H,6,7)(H3,5,8,9). The van der Waals surface area contributed by atoms with Crippen molar-refractivity contribution < 1.29 is 17.5 Å². The fourth-order valence-electron chi connectivity index (χ4n) is 0.523. The number of nitrogens with zero attached hydrogens (tertiary/aromatic N) is 1. The van der Waals surface area contributed by atoms with Gasteiger partial charge in [-0.1, -0.05) is 0 Å². The van der Waals surface area contributed by atoms with E-state index in [1.807, 2.05) is 0 Å². The van der Waals surface area contributed by atoms with Gasteiger partial charge in [0.2, 0.25) is 0 Å². The number of urea groups is 1. The first-order chi connectivity index (χ1) is 6.02. The van der Waals surface area contributed by atoms with Crippen molar-refractivity contribution >= 4 is 16.1 Å². The maximum Gasteiger partial charge on any atom is 0.337 e. The van der Waals surface area contributed by atoms with Crippen LogP contribution in [-0.2, 0) is 14.4 Å². The Hall–Kier alpha value is -1.61. The van der Waals surface area contributed by atoms with E-state index in [1.165, 1.54) is 11.7 Å².